The van der Waals surface area contributed by atoms with Gasteiger partial charge in [-0.05, 0) is 31.1 Å². The monoisotopic (exact) mass is 154 g/mol. The molecule has 1 saturated carbocycles. The summed E-state index contributed by atoms with van der Waals surface area (Å²) in [7, 11) is 0. The van der Waals surface area contributed by atoms with Crippen molar-refractivity contribution >= 4 is 6.29 Å². The molecule has 0 heterocycles. The van der Waals surface area contributed by atoms with Crippen LogP contribution in [0, 0.1) is 17.3 Å². The first-order valence-corrected chi connectivity index (χ1v) is 4.54. The lowest BCUT2D eigenvalue weighted by molar-refractivity contribution is -0.118. The molecular weight excluding hydrogens is 136 g/mol. The molecule has 3 unspecified atom stereocenters. The molecule has 1 aliphatic rings. The Labute approximate surface area is 69.2 Å². The van der Waals surface area contributed by atoms with Crippen molar-refractivity contribution in [1.82, 2.24) is 0 Å². The van der Waals surface area contributed by atoms with Gasteiger partial charge in [-0.2, -0.15) is 0 Å². The number of carbonyl (C=O) groups excluding carboxylic acids is 1. The van der Waals surface area contributed by atoms with Crippen LogP contribution in [0.3, 0.4) is 0 Å². The molecule has 0 bridgehead atoms. The van der Waals surface area contributed by atoms with Crippen LogP contribution in [0.25, 0.3) is 0 Å². The minimum Gasteiger partial charge on any atom is -0.303 e. The lowest BCUT2D eigenvalue weighted by atomic mass is 9.68. The molecule has 3 atom stereocenters. The third-order valence-electron chi connectivity index (χ3n) is 3.22. The summed E-state index contributed by atoms with van der Waals surface area (Å²) in [5.74, 6) is 1.53. The highest BCUT2D eigenvalue weighted by atomic mass is 16.1. The van der Waals surface area contributed by atoms with Gasteiger partial charge in [-0.3, -0.25) is 0 Å². The average Bonchev–Trinajstić information content (AvgIpc) is 1.98. The Morgan fingerprint density at radius 2 is 2.00 bits per heavy atom. The van der Waals surface area contributed by atoms with E-state index in [0.717, 1.165) is 31.0 Å². The van der Waals surface area contributed by atoms with Gasteiger partial charge in [0.25, 0.3) is 0 Å². The minimum absolute atomic E-state index is 0.00801. The summed E-state index contributed by atoms with van der Waals surface area (Å²) in [5, 5.41) is 0. The van der Waals surface area contributed by atoms with Gasteiger partial charge in [-0.1, -0.05) is 20.8 Å². The molecule has 0 aliphatic heterocycles. The van der Waals surface area contributed by atoms with Gasteiger partial charge >= 0.3 is 0 Å². The van der Waals surface area contributed by atoms with Crippen molar-refractivity contribution in [2.45, 2.75) is 40.0 Å². The van der Waals surface area contributed by atoms with Crippen LogP contribution in [-0.2, 0) is 4.79 Å². The standard InChI is InChI=1S/C10H18O/c1-8-4-5-10(3,7-11)6-9(8)2/h7-9H,4-6H2,1-3H3. The molecule has 1 aliphatic carbocycles. The second-order valence-corrected chi connectivity index (χ2v) is 4.47. The number of aldehydes is 1. The molecule has 0 aromatic heterocycles. The zero-order valence-corrected chi connectivity index (χ0v) is 7.76. The Morgan fingerprint density at radius 3 is 2.45 bits per heavy atom. The van der Waals surface area contributed by atoms with Gasteiger partial charge in [0.2, 0.25) is 0 Å². The van der Waals surface area contributed by atoms with Crippen molar-refractivity contribution in [3.63, 3.8) is 0 Å². The lowest BCUT2D eigenvalue weighted by Crippen LogP contribution is -2.30. The normalized spacial score (nSPS) is 45.4. The maximum atomic E-state index is 10.7. The van der Waals surface area contributed by atoms with E-state index in [9.17, 15) is 4.79 Å². The minimum atomic E-state index is -0.00801. The Morgan fingerprint density at radius 1 is 1.36 bits per heavy atom. The van der Waals surface area contributed by atoms with E-state index in [1.807, 2.05) is 0 Å². The summed E-state index contributed by atoms with van der Waals surface area (Å²) in [6, 6.07) is 0. The predicted molar refractivity (Wildman–Crippen MR) is 46.4 cm³/mol. The molecule has 0 saturated heterocycles. The van der Waals surface area contributed by atoms with Gasteiger partial charge in [0.15, 0.2) is 0 Å². The summed E-state index contributed by atoms with van der Waals surface area (Å²) in [6.07, 6.45) is 4.53. The molecule has 1 rings (SSSR count). The van der Waals surface area contributed by atoms with Gasteiger partial charge < -0.3 is 4.79 Å². The molecule has 0 aromatic rings. The number of hydrogen-bond donors (Lipinski definition) is 0. The zero-order chi connectivity index (χ0) is 8.48. The van der Waals surface area contributed by atoms with Gasteiger partial charge in [0, 0.05) is 5.41 Å². The van der Waals surface area contributed by atoms with E-state index in [1.54, 1.807) is 0 Å². The summed E-state index contributed by atoms with van der Waals surface area (Å²) < 4.78 is 0. The lowest BCUT2D eigenvalue weighted by Gasteiger charge is -2.36. The van der Waals surface area contributed by atoms with Crippen LogP contribution in [0.4, 0.5) is 0 Å². The molecule has 0 radical (unpaired) electrons. The summed E-state index contributed by atoms with van der Waals surface area (Å²) in [4.78, 5) is 10.7. The van der Waals surface area contributed by atoms with Crippen molar-refractivity contribution in [1.29, 1.82) is 0 Å². The molecule has 0 aromatic carbocycles. The van der Waals surface area contributed by atoms with Crippen LogP contribution < -0.4 is 0 Å². The first kappa shape index (κ1) is 8.76. The van der Waals surface area contributed by atoms with Crippen molar-refractivity contribution in [2.75, 3.05) is 0 Å². The summed E-state index contributed by atoms with van der Waals surface area (Å²) in [5.41, 5.74) is -0.00801. The largest absolute Gasteiger partial charge is 0.303 e. The topological polar surface area (TPSA) is 17.1 Å². The number of rotatable bonds is 1. The number of carbonyl (C=O) groups is 1. The Hall–Kier alpha value is -0.330. The predicted octanol–water partition coefficient (Wildman–Crippen LogP) is 2.65. The average molecular weight is 154 g/mol. The second kappa shape index (κ2) is 2.96. The van der Waals surface area contributed by atoms with Gasteiger partial charge in [0.1, 0.15) is 6.29 Å². The number of hydrogen-bond acceptors (Lipinski definition) is 1. The van der Waals surface area contributed by atoms with Crippen molar-refractivity contribution in [3.8, 4) is 0 Å². The fourth-order valence-electron chi connectivity index (χ4n) is 1.99. The van der Waals surface area contributed by atoms with Crippen LogP contribution in [0.2, 0.25) is 0 Å². The molecule has 1 nitrogen and oxygen atoms in total. The first-order chi connectivity index (χ1) is 5.07. The van der Waals surface area contributed by atoms with Gasteiger partial charge in [-0.15, -0.1) is 0 Å². The molecule has 0 spiro atoms. The quantitative estimate of drug-likeness (QED) is 0.531. The zero-order valence-electron chi connectivity index (χ0n) is 7.76. The maximum absolute atomic E-state index is 10.7. The van der Waals surface area contributed by atoms with Crippen LogP contribution in [0.1, 0.15) is 40.0 Å². The molecule has 0 amide bonds. The highest BCUT2D eigenvalue weighted by molar-refractivity contribution is 5.58. The van der Waals surface area contributed by atoms with Crippen LogP contribution in [0.15, 0.2) is 0 Å². The smallest absolute Gasteiger partial charge is 0.125 e. The van der Waals surface area contributed by atoms with E-state index in [-0.39, 0.29) is 5.41 Å². The second-order valence-electron chi connectivity index (χ2n) is 4.47. The first-order valence-electron chi connectivity index (χ1n) is 4.54. The molecule has 0 N–H and O–H groups in total. The fraction of sp³-hybridized carbons (Fsp3) is 0.900. The molecule has 1 fully saturated rings. The van der Waals surface area contributed by atoms with Crippen molar-refractivity contribution in [3.05, 3.63) is 0 Å². The Balaban J connectivity index is 2.58. The maximum Gasteiger partial charge on any atom is 0.125 e. The van der Waals surface area contributed by atoms with E-state index < -0.39 is 0 Å². The molecule has 1 heteroatoms. The van der Waals surface area contributed by atoms with Crippen LogP contribution in [0.5, 0.6) is 0 Å². The SMILES string of the molecule is CC1CCC(C)(C=O)CC1C. The van der Waals surface area contributed by atoms with E-state index in [0.29, 0.717) is 0 Å². The third kappa shape index (κ3) is 1.82. The van der Waals surface area contributed by atoms with Crippen molar-refractivity contribution in [2.24, 2.45) is 17.3 Å². The van der Waals surface area contributed by atoms with E-state index in [4.69, 9.17) is 0 Å². The molecule has 64 valence electrons. The Bertz CT molecular complexity index is 153. The summed E-state index contributed by atoms with van der Waals surface area (Å²) in [6.45, 7) is 6.63. The third-order valence-corrected chi connectivity index (χ3v) is 3.22. The van der Waals surface area contributed by atoms with E-state index in [1.165, 1.54) is 6.42 Å². The van der Waals surface area contributed by atoms with Crippen molar-refractivity contribution < 1.29 is 4.79 Å². The van der Waals surface area contributed by atoms with E-state index in [2.05, 4.69) is 20.8 Å². The Kier molecular flexibility index (Phi) is 2.36. The van der Waals surface area contributed by atoms with Gasteiger partial charge in [0.05, 0.1) is 0 Å². The highest BCUT2D eigenvalue weighted by Gasteiger charge is 2.33. The van der Waals surface area contributed by atoms with Gasteiger partial charge in [-0.25, -0.2) is 0 Å². The van der Waals surface area contributed by atoms with Crippen LogP contribution in [-0.4, -0.2) is 6.29 Å². The summed E-state index contributed by atoms with van der Waals surface area (Å²) >= 11 is 0. The van der Waals surface area contributed by atoms with Crippen LogP contribution >= 0.6 is 0 Å². The highest BCUT2D eigenvalue weighted by Crippen LogP contribution is 2.40. The molecular formula is C10H18O. The van der Waals surface area contributed by atoms with E-state index >= 15 is 0 Å². The fourth-order valence-corrected chi connectivity index (χ4v) is 1.99. The molecule has 11 heavy (non-hydrogen) atoms.